The number of halogens is 1. The minimum atomic E-state index is -3.26. The van der Waals surface area contributed by atoms with Crippen LogP contribution in [0.25, 0.3) is 0 Å². The number of aromatic nitrogens is 3. The topological polar surface area (TPSA) is 119 Å². The summed E-state index contributed by atoms with van der Waals surface area (Å²) in [5, 5.41) is 3.74. The monoisotopic (exact) mass is 306 g/mol. The second-order valence-electron chi connectivity index (χ2n) is 4.56. The lowest BCUT2D eigenvalue weighted by atomic mass is 10.1. The number of carbonyl (C=O) groups is 1. The van der Waals surface area contributed by atoms with Crippen molar-refractivity contribution in [2.45, 2.75) is 24.6 Å². The van der Waals surface area contributed by atoms with Crippen LogP contribution in [0.1, 0.15) is 16.8 Å². The van der Waals surface area contributed by atoms with Crippen molar-refractivity contribution in [2.75, 3.05) is 13.3 Å². The quantitative estimate of drug-likeness (QED) is 0.755. The average Bonchev–Trinajstić information content (AvgIpc) is 2.95. The molecule has 9 nitrogen and oxygen atoms in total. The Morgan fingerprint density at radius 3 is 3.05 bits per heavy atom. The number of ether oxygens (including phenoxy) is 1. The molecule has 1 aromatic heterocycles. The van der Waals surface area contributed by atoms with E-state index in [1.165, 1.54) is 6.66 Å². The summed E-state index contributed by atoms with van der Waals surface area (Å²) in [4.78, 5) is 14.6. The van der Waals surface area contributed by atoms with Gasteiger partial charge < -0.3 is 15.0 Å². The largest absolute Gasteiger partial charge is 0.363 e. The second-order valence-corrected chi connectivity index (χ2v) is 6.57. The van der Waals surface area contributed by atoms with Gasteiger partial charge in [-0.25, -0.2) is 14.1 Å². The molecule has 2 aliphatic rings. The Balaban J connectivity index is 1.82. The van der Waals surface area contributed by atoms with Gasteiger partial charge in [0.05, 0.1) is 6.61 Å². The summed E-state index contributed by atoms with van der Waals surface area (Å²) in [6.45, 7) is 1.23. The van der Waals surface area contributed by atoms with Crippen molar-refractivity contribution in [2.24, 2.45) is 5.73 Å². The number of rotatable bonds is 2. The number of amides is 1. The minimum Gasteiger partial charge on any atom is -0.363 e. The summed E-state index contributed by atoms with van der Waals surface area (Å²) in [5.41, 5.74) is 5.02. The zero-order chi connectivity index (χ0) is 14.5. The highest BCUT2D eigenvalue weighted by molar-refractivity contribution is 7.53. The van der Waals surface area contributed by atoms with E-state index >= 15 is 0 Å². The van der Waals surface area contributed by atoms with E-state index in [0.29, 0.717) is 0 Å². The number of hydrogen-bond donors (Lipinski definition) is 1. The first kappa shape index (κ1) is 13.6. The molecule has 5 atom stereocenters. The lowest BCUT2D eigenvalue weighted by Gasteiger charge is -2.29. The van der Waals surface area contributed by atoms with Gasteiger partial charge in [-0.2, -0.15) is 0 Å². The highest BCUT2D eigenvalue weighted by Gasteiger charge is 2.52. The number of nitrogens with two attached hydrogens (primary N) is 1. The van der Waals surface area contributed by atoms with Crippen LogP contribution in [0.4, 0.5) is 4.39 Å². The Morgan fingerprint density at radius 1 is 1.65 bits per heavy atom. The number of hydrogen-bond acceptors (Lipinski definition) is 7. The third-order valence-electron chi connectivity index (χ3n) is 3.04. The van der Waals surface area contributed by atoms with Gasteiger partial charge in [-0.1, -0.05) is 0 Å². The van der Waals surface area contributed by atoms with Crippen LogP contribution in [-0.2, 0) is 18.3 Å². The van der Waals surface area contributed by atoms with Gasteiger partial charge in [0.1, 0.15) is 18.5 Å². The molecule has 110 valence electrons. The molecule has 0 saturated carbocycles. The van der Waals surface area contributed by atoms with Crippen LogP contribution in [0, 0.1) is 0 Å². The molecule has 0 radical (unpaired) electrons. The highest BCUT2D eigenvalue weighted by atomic mass is 31.2. The fourth-order valence-corrected chi connectivity index (χ4v) is 3.31. The van der Waals surface area contributed by atoms with Gasteiger partial charge in [0, 0.05) is 6.66 Å². The number of primary amides is 1. The van der Waals surface area contributed by atoms with Gasteiger partial charge in [-0.3, -0.25) is 13.9 Å². The maximum Gasteiger partial charge on any atom is 0.328 e. The second kappa shape index (κ2) is 4.59. The molecule has 2 N–H and O–H groups in total. The van der Waals surface area contributed by atoms with Gasteiger partial charge in [0.25, 0.3) is 5.91 Å². The first-order valence-electron chi connectivity index (χ1n) is 5.78. The molecular weight excluding hydrogens is 294 g/mol. The van der Waals surface area contributed by atoms with Crippen LogP contribution < -0.4 is 5.73 Å². The van der Waals surface area contributed by atoms with E-state index in [0.717, 1.165) is 11.0 Å². The van der Waals surface area contributed by atoms with Crippen molar-refractivity contribution in [3.8, 4) is 0 Å². The lowest BCUT2D eigenvalue weighted by molar-refractivity contribution is -0.0614. The van der Waals surface area contributed by atoms with Crippen molar-refractivity contribution >= 4 is 13.5 Å². The van der Waals surface area contributed by atoms with E-state index in [1.54, 1.807) is 0 Å². The van der Waals surface area contributed by atoms with E-state index in [2.05, 4.69) is 10.1 Å². The van der Waals surface area contributed by atoms with E-state index in [4.69, 9.17) is 19.5 Å². The van der Waals surface area contributed by atoms with Crippen molar-refractivity contribution < 1.29 is 27.5 Å². The standard InChI is InChI=1S/C9H12FN4O5P/c1-20(16)17-2-4-6(19-20)5(10)9(18-4)14-3-12-8(13-14)7(11)15/h3-6,9H,2H2,1H3,(H2,11,15)/t4-,5-,6-,9-,20?/m1/s1. The molecule has 1 unspecified atom stereocenters. The Kier molecular flexibility index (Phi) is 3.13. The van der Waals surface area contributed by atoms with Crippen LogP contribution in [-0.4, -0.2) is 52.3 Å². The Hall–Kier alpha value is -1.35. The summed E-state index contributed by atoms with van der Waals surface area (Å²) in [5.74, 6) is -1.07. The van der Waals surface area contributed by atoms with Gasteiger partial charge in [-0.15, -0.1) is 5.10 Å². The Morgan fingerprint density at radius 2 is 2.40 bits per heavy atom. The third-order valence-corrected chi connectivity index (χ3v) is 4.29. The van der Waals surface area contributed by atoms with Gasteiger partial charge in [0.2, 0.25) is 5.82 Å². The molecule has 3 rings (SSSR count). The number of nitrogens with zero attached hydrogens (tertiary/aromatic N) is 3. The predicted octanol–water partition coefficient (Wildman–Crippen LogP) is -0.149. The third kappa shape index (κ3) is 2.24. The maximum atomic E-state index is 14.3. The van der Waals surface area contributed by atoms with Gasteiger partial charge in [-0.05, 0) is 0 Å². The van der Waals surface area contributed by atoms with Gasteiger partial charge >= 0.3 is 7.60 Å². The number of alkyl halides is 1. The molecule has 1 amide bonds. The lowest BCUT2D eigenvalue weighted by Crippen LogP contribution is -2.37. The molecule has 0 aromatic carbocycles. The van der Waals surface area contributed by atoms with Crippen LogP contribution in [0.2, 0.25) is 0 Å². The Labute approximate surface area is 112 Å². The highest BCUT2D eigenvalue weighted by Crippen LogP contribution is 2.53. The van der Waals surface area contributed by atoms with Gasteiger partial charge in [0.15, 0.2) is 12.4 Å². The fourth-order valence-electron chi connectivity index (χ4n) is 2.14. The maximum absolute atomic E-state index is 14.3. The first-order valence-corrected chi connectivity index (χ1v) is 7.77. The van der Waals surface area contributed by atoms with Crippen molar-refractivity contribution in [1.29, 1.82) is 0 Å². The van der Waals surface area contributed by atoms with E-state index in [-0.39, 0.29) is 12.4 Å². The number of fused-ring (bicyclic) bond motifs is 1. The molecular formula is C9H12FN4O5P. The van der Waals surface area contributed by atoms with E-state index in [9.17, 15) is 13.8 Å². The summed E-state index contributed by atoms with van der Waals surface area (Å²) >= 11 is 0. The normalized spacial score (nSPS) is 40.5. The Bertz CT molecular complexity index is 595. The summed E-state index contributed by atoms with van der Waals surface area (Å²) in [7, 11) is -3.26. The SMILES string of the molecule is CP1(=O)OC[C@H]2O[C@@H](n3cnc(C(N)=O)n3)[C@H](F)[C@@H]2O1. The average molecular weight is 306 g/mol. The van der Waals surface area contributed by atoms with E-state index < -0.39 is 38.1 Å². The molecule has 0 bridgehead atoms. The summed E-state index contributed by atoms with van der Waals surface area (Å²) in [6, 6.07) is 0. The van der Waals surface area contributed by atoms with Crippen molar-refractivity contribution in [3.63, 3.8) is 0 Å². The molecule has 2 aliphatic heterocycles. The fraction of sp³-hybridized carbons (Fsp3) is 0.667. The molecule has 20 heavy (non-hydrogen) atoms. The molecule has 11 heteroatoms. The van der Waals surface area contributed by atoms with Crippen molar-refractivity contribution in [3.05, 3.63) is 12.2 Å². The zero-order valence-electron chi connectivity index (χ0n) is 10.4. The molecule has 2 fully saturated rings. The molecule has 2 saturated heterocycles. The zero-order valence-corrected chi connectivity index (χ0v) is 11.3. The molecule has 0 aliphatic carbocycles. The minimum absolute atomic E-state index is 0.0350. The van der Waals surface area contributed by atoms with E-state index in [1.807, 2.05) is 0 Å². The number of carbonyl (C=O) groups excluding carboxylic acids is 1. The summed E-state index contributed by atoms with van der Waals surface area (Å²) in [6.07, 6.45) is -3.31. The summed E-state index contributed by atoms with van der Waals surface area (Å²) < 4.78 is 42.6. The van der Waals surface area contributed by atoms with Crippen LogP contribution in [0.5, 0.6) is 0 Å². The predicted molar refractivity (Wildman–Crippen MR) is 61.7 cm³/mol. The van der Waals surface area contributed by atoms with Crippen molar-refractivity contribution in [1.82, 2.24) is 14.8 Å². The smallest absolute Gasteiger partial charge is 0.328 e. The van der Waals surface area contributed by atoms with Crippen LogP contribution in [0.3, 0.4) is 0 Å². The molecule has 3 heterocycles. The molecule has 0 spiro atoms. The van der Waals surface area contributed by atoms with Crippen LogP contribution >= 0.6 is 7.60 Å². The first-order chi connectivity index (χ1) is 9.37. The van der Waals surface area contributed by atoms with Crippen LogP contribution in [0.15, 0.2) is 6.33 Å². The molecule has 1 aromatic rings.